The number of nitriles is 1. The summed E-state index contributed by atoms with van der Waals surface area (Å²) in [7, 11) is 1.63. The number of nitrogens with zero attached hydrogens (tertiary/aromatic N) is 7. The molecule has 214 valence electrons. The van der Waals surface area contributed by atoms with E-state index < -0.39 is 17.3 Å². The van der Waals surface area contributed by atoms with Crippen molar-refractivity contribution in [2.75, 3.05) is 45.9 Å². The number of aryl methyl sites for hydroxylation is 1. The van der Waals surface area contributed by atoms with Gasteiger partial charge in [-0.3, -0.25) is 4.90 Å². The fourth-order valence-electron chi connectivity index (χ4n) is 4.48. The average Bonchev–Trinajstić information content (AvgIpc) is 3.21. The van der Waals surface area contributed by atoms with Gasteiger partial charge in [-0.15, -0.1) is 29.9 Å². The molecule has 3 heterocycles. The smallest absolute Gasteiger partial charge is 0.419 e. The molecule has 0 atom stereocenters. The summed E-state index contributed by atoms with van der Waals surface area (Å²) in [6.45, 7) is 8.41. The molecule has 0 aliphatic carbocycles. The van der Waals surface area contributed by atoms with Crippen molar-refractivity contribution in [2.24, 2.45) is 7.05 Å². The summed E-state index contributed by atoms with van der Waals surface area (Å²) in [5, 5.41) is 27.1. The van der Waals surface area contributed by atoms with Crippen LogP contribution < -0.4 is 4.74 Å². The van der Waals surface area contributed by atoms with Crippen molar-refractivity contribution in [3.8, 4) is 23.1 Å². The fourth-order valence-corrected chi connectivity index (χ4v) is 4.48. The number of halogens is 5. The topological polar surface area (TPSA) is 103 Å². The monoisotopic (exact) mass is 589 g/mol. The van der Waals surface area contributed by atoms with Gasteiger partial charge in [0.2, 0.25) is 0 Å². The maximum atomic E-state index is 13.9. The first-order valence-corrected chi connectivity index (χ1v) is 12.1. The van der Waals surface area contributed by atoms with Crippen LogP contribution in [0.4, 0.5) is 13.2 Å². The van der Waals surface area contributed by atoms with E-state index in [-0.39, 0.29) is 54.1 Å². The molecule has 39 heavy (non-hydrogen) atoms. The predicted molar refractivity (Wildman–Crippen MR) is 145 cm³/mol. The van der Waals surface area contributed by atoms with Gasteiger partial charge in [-0.05, 0) is 44.5 Å². The van der Waals surface area contributed by atoms with Crippen LogP contribution in [0.1, 0.15) is 31.5 Å². The van der Waals surface area contributed by atoms with E-state index in [0.717, 1.165) is 38.8 Å². The normalized spacial score (nSPS) is 14.9. The molecule has 1 aliphatic heterocycles. The minimum Gasteiger partial charge on any atom is -0.493 e. The highest BCUT2D eigenvalue weighted by molar-refractivity contribution is 5.86. The number of rotatable bonds is 8. The van der Waals surface area contributed by atoms with Crippen LogP contribution >= 0.6 is 24.8 Å². The molecule has 4 rings (SSSR count). The van der Waals surface area contributed by atoms with E-state index in [0.29, 0.717) is 24.0 Å². The number of aromatic nitrogens is 4. The van der Waals surface area contributed by atoms with Crippen LogP contribution in [0.25, 0.3) is 22.3 Å². The van der Waals surface area contributed by atoms with Crippen LogP contribution in [0, 0.1) is 11.3 Å². The van der Waals surface area contributed by atoms with Crippen LogP contribution in [0.2, 0.25) is 0 Å². The Morgan fingerprint density at radius 3 is 2.36 bits per heavy atom. The highest BCUT2D eigenvalue weighted by Gasteiger charge is 2.35. The third kappa shape index (κ3) is 8.16. The number of pyridine rings is 1. The van der Waals surface area contributed by atoms with E-state index in [1.54, 1.807) is 27.0 Å². The van der Waals surface area contributed by atoms with Gasteiger partial charge >= 0.3 is 6.18 Å². The summed E-state index contributed by atoms with van der Waals surface area (Å²) < 4.78 is 48.7. The second-order valence-corrected chi connectivity index (χ2v) is 9.89. The summed E-state index contributed by atoms with van der Waals surface area (Å²) in [5.41, 5.74) is -0.416. The highest BCUT2D eigenvalue weighted by atomic mass is 35.5. The molecule has 0 radical (unpaired) electrons. The molecule has 1 saturated heterocycles. The van der Waals surface area contributed by atoms with Crippen LogP contribution in [-0.2, 0) is 13.2 Å². The second kappa shape index (κ2) is 13.1. The van der Waals surface area contributed by atoms with E-state index in [1.165, 1.54) is 16.8 Å². The van der Waals surface area contributed by atoms with E-state index in [1.807, 2.05) is 6.07 Å². The number of hydrogen-bond donors (Lipinski definition) is 1. The van der Waals surface area contributed by atoms with Crippen molar-refractivity contribution in [2.45, 2.75) is 32.0 Å². The van der Waals surface area contributed by atoms with E-state index >= 15 is 0 Å². The van der Waals surface area contributed by atoms with Crippen molar-refractivity contribution in [3.63, 3.8) is 0 Å². The van der Waals surface area contributed by atoms with Gasteiger partial charge < -0.3 is 14.7 Å². The molecule has 0 spiro atoms. The SMILES string of the molecule is Cl.Cl.Cn1nnc2c(C#N)nc(-c3ccc(OCCCN4CCN(CC(C)(C)O)CC4)c(C(F)(F)F)c3)cc21. The third-order valence-corrected chi connectivity index (χ3v) is 6.24. The Balaban J connectivity index is 0.00000267. The largest absolute Gasteiger partial charge is 0.493 e. The maximum absolute atomic E-state index is 13.9. The maximum Gasteiger partial charge on any atom is 0.419 e. The molecule has 9 nitrogen and oxygen atoms in total. The van der Waals surface area contributed by atoms with Crippen LogP contribution in [0.5, 0.6) is 5.75 Å². The molecule has 0 bridgehead atoms. The molecule has 0 saturated carbocycles. The molecule has 1 fully saturated rings. The fraction of sp³-hybridized carbons (Fsp3) is 0.520. The van der Waals surface area contributed by atoms with Crippen molar-refractivity contribution in [1.29, 1.82) is 5.26 Å². The molecule has 1 aliphatic rings. The number of benzene rings is 1. The van der Waals surface area contributed by atoms with Gasteiger partial charge in [0.05, 0.1) is 29.0 Å². The molecule has 3 aromatic rings. The van der Waals surface area contributed by atoms with Crippen molar-refractivity contribution < 1.29 is 23.0 Å². The lowest BCUT2D eigenvalue weighted by Crippen LogP contribution is -2.50. The number of ether oxygens (including phenoxy) is 1. The zero-order valence-corrected chi connectivity index (χ0v) is 23.5. The molecule has 2 aromatic heterocycles. The van der Waals surface area contributed by atoms with E-state index in [4.69, 9.17) is 4.74 Å². The quantitative estimate of drug-likeness (QED) is 0.394. The predicted octanol–water partition coefficient (Wildman–Crippen LogP) is 3.92. The average molecular weight is 590 g/mol. The standard InChI is InChI=1S/C25H30F3N7O2.2ClH/c1-24(2,36)16-35-10-8-34(9-11-35)7-4-12-37-22-6-5-17(13-18(22)25(26,27)28)19-14-21-23(20(15-29)30-19)31-32-33(21)3;;/h5-6,13-14,36H,4,7-12,16H2,1-3H3;2*1H. The number of aliphatic hydroxyl groups is 1. The summed E-state index contributed by atoms with van der Waals surface area (Å²) in [6.07, 6.45) is -4.04. The summed E-state index contributed by atoms with van der Waals surface area (Å²) in [4.78, 5) is 8.66. The van der Waals surface area contributed by atoms with E-state index in [9.17, 15) is 23.5 Å². The van der Waals surface area contributed by atoms with Crippen molar-refractivity contribution >= 4 is 35.8 Å². The van der Waals surface area contributed by atoms with Gasteiger partial charge in [0.1, 0.15) is 17.3 Å². The number of alkyl halides is 3. The third-order valence-electron chi connectivity index (χ3n) is 6.24. The summed E-state index contributed by atoms with van der Waals surface area (Å²) in [6, 6.07) is 7.30. The lowest BCUT2D eigenvalue weighted by Gasteiger charge is -2.37. The first kappa shape index (κ1) is 32.5. The molecule has 1 N–H and O–H groups in total. The van der Waals surface area contributed by atoms with Crippen molar-refractivity contribution in [3.05, 3.63) is 35.5 Å². The van der Waals surface area contributed by atoms with E-state index in [2.05, 4.69) is 25.1 Å². The van der Waals surface area contributed by atoms with Gasteiger partial charge in [-0.25, -0.2) is 9.67 Å². The number of β-amino-alcohol motifs (C(OH)–C–C–N with tert-alkyl or cyclic N) is 1. The highest BCUT2D eigenvalue weighted by Crippen LogP contribution is 2.39. The first-order valence-electron chi connectivity index (χ1n) is 12.1. The molecule has 14 heteroatoms. The molecular weight excluding hydrogens is 558 g/mol. The van der Waals surface area contributed by atoms with Crippen LogP contribution in [0.15, 0.2) is 24.3 Å². The Morgan fingerprint density at radius 2 is 1.74 bits per heavy atom. The minimum absolute atomic E-state index is 0. The van der Waals surface area contributed by atoms with Gasteiger partial charge in [0, 0.05) is 51.9 Å². The van der Waals surface area contributed by atoms with Crippen molar-refractivity contribution in [1.82, 2.24) is 29.8 Å². The summed E-state index contributed by atoms with van der Waals surface area (Å²) in [5.74, 6) is -0.241. The van der Waals surface area contributed by atoms with Gasteiger partial charge in [0.15, 0.2) is 5.69 Å². The lowest BCUT2D eigenvalue weighted by molar-refractivity contribution is -0.138. The Bertz CT molecular complexity index is 1300. The minimum atomic E-state index is -4.63. The Hall–Kier alpha value is -2.69. The number of fused-ring (bicyclic) bond motifs is 1. The number of hydrogen-bond acceptors (Lipinski definition) is 8. The molecule has 0 unspecified atom stereocenters. The lowest BCUT2D eigenvalue weighted by atomic mass is 10.1. The Kier molecular flexibility index (Phi) is 10.9. The number of piperazine rings is 1. The first-order chi connectivity index (χ1) is 17.4. The molecule has 1 aromatic carbocycles. The van der Waals surface area contributed by atoms with Gasteiger partial charge in [-0.1, -0.05) is 5.21 Å². The molecule has 0 amide bonds. The van der Waals surface area contributed by atoms with Gasteiger partial charge in [-0.2, -0.15) is 18.4 Å². The zero-order chi connectivity index (χ0) is 26.8. The summed E-state index contributed by atoms with van der Waals surface area (Å²) >= 11 is 0. The Morgan fingerprint density at radius 1 is 1.08 bits per heavy atom. The van der Waals surface area contributed by atoms with Gasteiger partial charge in [0.25, 0.3) is 0 Å². The second-order valence-electron chi connectivity index (χ2n) is 9.89. The Labute approximate surface area is 237 Å². The molecular formula is C25H32Cl2F3N7O2. The van der Waals surface area contributed by atoms with Crippen LogP contribution in [0.3, 0.4) is 0 Å². The zero-order valence-electron chi connectivity index (χ0n) is 21.9. The van der Waals surface area contributed by atoms with Crippen LogP contribution in [-0.4, -0.2) is 86.4 Å².